The van der Waals surface area contributed by atoms with Gasteiger partial charge in [-0.3, -0.25) is 14.9 Å². The molecule has 0 spiro atoms. The van der Waals surface area contributed by atoms with Gasteiger partial charge in [0.05, 0.1) is 15.7 Å². The van der Waals surface area contributed by atoms with Crippen molar-refractivity contribution in [1.82, 2.24) is 4.72 Å². The van der Waals surface area contributed by atoms with Crippen LogP contribution in [0.15, 0.2) is 23.1 Å². The zero-order valence-electron chi connectivity index (χ0n) is 10.2. The largest absolute Gasteiger partial charge is 0.481 e. The van der Waals surface area contributed by atoms with Crippen molar-refractivity contribution in [2.45, 2.75) is 11.8 Å². The van der Waals surface area contributed by atoms with Gasteiger partial charge in [-0.2, -0.15) is 4.39 Å². The molecule has 0 aromatic heterocycles. The van der Waals surface area contributed by atoms with Gasteiger partial charge in [-0.1, -0.05) is 6.92 Å². The molecule has 10 heteroatoms. The Kier molecular flexibility index (Phi) is 4.73. The fourth-order valence-corrected chi connectivity index (χ4v) is 2.35. The van der Waals surface area contributed by atoms with E-state index in [4.69, 9.17) is 5.11 Å². The number of benzene rings is 1. The number of nitro groups is 1. The maximum absolute atomic E-state index is 13.1. The molecule has 0 aliphatic heterocycles. The highest BCUT2D eigenvalue weighted by Gasteiger charge is 2.22. The number of nitrogens with one attached hydrogen (secondary N) is 1. The third-order valence-electron chi connectivity index (χ3n) is 2.43. The summed E-state index contributed by atoms with van der Waals surface area (Å²) < 4.78 is 38.7. The molecule has 1 atom stereocenters. The number of hydrogen-bond acceptors (Lipinski definition) is 5. The van der Waals surface area contributed by atoms with Gasteiger partial charge in [-0.25, -0.2) is 13.1 Å². The Bertz CT molecular complexity index is 645. The SMILES string of the molecule is CC(CNS(=O)(=O)c1ccc(F)c([N+](=O)[O-])c1)C(=O)O. The fourth-order valence-electron chi connectivity index (χ4n) is 1.20. The average molecular weight is 306 g/mol. The van der Waals surface area contributed by atoms with Crippen molar-refractivity contribution in [1.29, 1.82) is 0 Å². The second-order valence-electron chi connectivity index (χ2n) is 3.96. The van der Waals surface area contributed by atoms with Crippen LogP contribution in [0, 0.1) is 21.8 Å². The molecule has 8 nitrogen and oxygen atoms in total. The second kappa shape index (κ2) is 5.92. The summed E-state index contributed by atoms with van der Waals surface area (Å²) in [5, 5.41) is 19.2. The highest BCUT2D eigenvalue weighted by Crippen LogP contribution is 2.21. The van der Waals surface area contributed by atoms with Gasteiger partial charge in [0.2, 0.25) is 15.8 Å². The molecule has 0 saturated carbocycles. The van der Waals surface area contributed by atoms with Crippen LogP contribution in [0.25, 0.3) is 0 Å². The summed E-state index contributed by atoms with van der Waals surface area (Å²) in [4.78, 5) is 19.5. The third-order valence-corrected chi connectivity index (χ3v) is 3.85. The van der Waals surface area contributed by atoms with Crippen LogP contribution in [0.5, 0.6) is 0 Å². The Balaban J connectivity index is 3.01. The van der Waals surface area contributed by atoms with Gasteiger partial charge in [0, 0.05) is 12.6 Å². The van der Waals surface area contributed by atoms with Gasteiger partial charge in [0.1, 0.15) is 0 Å². The molecular formula is C10H11FN2O6S. The molecule has 0 aliphatic carbocycles. The summed E-state index contributed by atoms with van der Waals surface area (Å²) >= 11 is 0. The molecule has 1 aromatic carbocycles. The minimum atomic E-state index is -4.15. The Labute approximate surface area is 113 Å². The van der Waals surface area contributed by atoms with Crippen LogP contribution < -0.4 is 4.72 Å². The zero-order chi connectivity index (χ0) is 15.5. The number of nitrogens with zero attached hydrogens (tertiary/aromatic N) is 1. The lowest BCUT2D eigenvalue weighted by atomic mass is 10.2. The Morgan fingerprint density at radius 2 is 2.15 bits per heavy atom. The molecule has 20 heavy (non-hydrogen) atoms. The van der Waals surface area contributed by atoms with E-state index in [-0.39, 0.29) is 6.54 Å². The summed E-state index contributed by atoms with van der Waals surface area (Å²) in [6.45, 7) is 0.904. The van der Waals surface area contributed by atoms with Gasteiger partial charge in [-0.05, 0) is 12.1 Å². The van der Waals surface area contributed by atoms with Crippen molar-refractivity contribution in [2.24, 2.45) is 5.92 Å². The number of aliphatic carboxylic acids is 1. The summed E-state index contributed by atoms with van der Waals surface area (Å²) in [5.74, 6) is -3.33. The molecule has 1 rings (SSSR count). The number of hydrogen-bond donors (Lipinski definition) is 2. The molecule has 0 fully saturated rings. The summed E-state index contributed by atoms with van der Waals surface area (Å²) in [5.41, 5.74) is -0.973. The topological polar surface area (TPSA) is 127 Å². The van der Waals surface area contributed by atoms with Crippen LogP contribution in [-0.4, -0.2) is 31.0 Å². The van der Waals surface area contributed by atoms with Gasteiger partial charge in [0.25, 0.3) is 0 Å². The number of carboxylic acid groups (broad SMARTS) is 1. The van der Waals surface area contributed by atoms with Crippen molar-refractivity contribution < 1.29 is 27.6 Å². The number of carbonyl (C=O) groups is 1. The van der Waals surface area contributed by atoms with Crippen LogP contribution in [-0.2, 0) is 14.8 Å². The number of halogens is 1. The third kappa shape index (κ3) is 3.71. The molecular weight excluding hydrogens is 295 g/mol. The van der Waals surface area contributed by atoms with Gasteiger partial charge in [0.15, 0.2) is 0 Å². The maximum atomic E-state index is 13.1. The first kappa shape index (κ1) is 16.0. The number of sulfonamides is 1. The fraction of sp³-hybridized carbons (Fsp3) is 0.300. The van der Waals surface area contributed by atoms with Crippen LogP contribution in [0.2, 0.25) is 0 Å². The second-order valence-corrected chi connectivity index (χ2v) is 5.73. The minimum Gasteiger partial charge on any atom is -0.481 e. The van der Waals surface area contributed by atoms with E-state index < -0.39 is 43.2 Å². The molecule has 0 aliphatic rings. The first-order chi connectivity index (χ1) is 9.15. The summed E-state index contributed by atoms with van der Waals surface area (Å²) in [7, 11) is -4.15. The zero-order valence-corrected chi connectivity index (χ0v) is 11.1. The van der Waals surface area contributed by atoms with E-state index in [2.05, 4.69) is 0 Å². The monoisotopic (exact) mass is 306 g/mol. The van der Waals surface area contributed by atoms with E-state index in [1.165, 1.54) is 6.92 Å². The molecule has 0 amide bonds. The first-order valence-electron chi connectivity index (χ1n) is 5.31. The molecule has 0 heterocycles. The molecule has 2 N–H and O–H groups in total. The smallest absolute Gasteiger partial charge is 0.307 e. The average Bonchev–Trinajstić information content (AvgIpc) is 2.35. The maximum Gasteiger partial charge on any atom is 0.307 e. The number of nitro benzene ring substituents is 1. The predicted molar refractivity (Wildman–Crippen MR) is 65.0 cm³/mol. The summed E-state index contributed by atoms with van der Waals surface area (Å²) in [6, 6.07) is 2.09. The lowest BCUT2D eigenvalue weighted by molar-refractivity contribution is -0.387. The van der Waals surface area contributed by atoms with Crippen LogP contribution in [0.4, 0.5) is 10.1 Å². The van der Waals surface area contributed by atoms with E-state index in [1.54, 1.807) is 0 Å². The highest BCUT2D eigenvalue weighted by molar-refractivity contribution is 7.89. The van der Waals surface area contributed by atoms with Crippen molar-refractivity contribution in [3.05, 3.63) is 34.1 Å². The Hall–Kier alpha value is -2.07. The molecule has 1 unspecified atom stereocenters. The molecule has 110 valence electrons. The minimum absolute atomic E-state index is 0.386. The van der Waals surface area contributed by atoms with E-state index in [1.807, 2.05) is 4.72 Å². The normalized spacial score (nSPS) is 12.9. The van der Waals surface area contributed by atoms with Crippen molar-refractivity contribution in [2.75, 3.05) is 6.54 Å². The predicted octanol–water partition coefficient (Wildman–Crippen LogP) is 0.733. The van der Waals surface area contributed by atoms with Crippen molar-refractivity contribution in [3.8, 4) is 0 Å². The van der Waals surface area contributed by atoms with E-state index in [9.17, 15) is 27.7 Å². The lowest BCUT2D eigenvalue weighted by Gasteiger charge is -2.09. The van der Waals surface area contributed by atoms with Crippen molar-refractivity contribution in [3.63, 3.8) is 0 Å². The quantitative estimate of drug-likeness (QED) is 0.589. The number of rotatable bonds is 6. The molecule has 0 saturated heterocycles. The van der Waals surface area contributed by atoms with E-state index >= 15 is 0 Å². The standard InChI is InChI=1S/C10H11FN2O6S/c1-6(10(14)15)5-12-20(18,19)7-2-3-8(11)9(4-7)13(16)17/h2-4,6,12H,5H2,1H3,(H,14,15). The Morgan fingerprint density at radius 1 is 1.55 bits per heavy atom. The number of carboxylic acids is 1. The summed E-state index contributed by atoms with van der Waals surface area (Å²) in [6.07, 6.45) is 0. The highest BCUT2D eigenvalue weighted by atomic mass is 32.2. The molecule has 0 bridgehead atoms. The first-order valence-corrected chi connectivity index (χ1v) is 6.80. The van der Waals surface area contributed by atoms with Gasteiger partial charge in [-0.15, -0.1) is 0 Å². The van der Waals surface area contributed by atoms with Crippen molar-refractivity contribution >= 4 is 21.7 Å². The van der Waals surface area contributed by atoms with Gasteiger partial charge < -0.3 is 5.11 Å². The lowest BCUT2D eigenvalue weighted by Crippen LogP contribution is -2.31. The Morgan fingerprint density at radius 3 is 2.65 bits per heavy atom. The van der Waals surface area contributed by atoms with Crippen LogP contribution in [0.1, 0.15) is 6.92 Å². The molecule has 0 radical (unpaired) electrons. The van der Waals surface area contributed by atoms with E-state index in [0.29, 0.717) is 12.1 Å². The van der Waals surface area contributed by atoms with Crippen LogP contribution >= 0.6 is 0 Å². The van der Waals surface area contributed by atoms with E-state index in [0.717, 1.165) is 6.07 Å². The molecule has 1 aromatic rings. The van der Waals surface area contributed by atoms with Gasteiger partial charge >= 0.3 is 11.7 Å². The van der Waals surface area contributed by atoms with Crippen LogP contribution in [0.3, 0.4) is 0 Å².